The lowest BCUT2D eigenvalue weighted by atomic mass is 10.1. The Bertz CT molecular complexity index is 711. The van der Waals surface area contributed by atoms with Crippen LogP contribution in [-0.4, -0.2) is 42.1 Å². The molecule has 1 aromatic carbocycles. The van der Waals surface area contributed by atoms with Crippen LogP contribution in [0.3, 0.4) is 0 Å². The fraction of sp³-hybridized carbons (Fsp3) is 0.467. The molecule has 1 unspecified atom stereocenters. The molecule has 0 amide bonds. The van der Waals surface area contributed by atoms with Gasteiger partial charge in [-0.1, -0.05) is 6.07 Å². The number of ether oxygens (including phenoxy) is 2. The summed E-state index contributed by atoms with van der Waals surface area (Å²) in [6.07, 6.45) is -0.208. The molecular formula is C15H17F2N3O3. The van der Waals surface area contributed by atoms with Crippen LogP contribution >= 0.6 is 0 Å². The van der Waals surface area contributed by atoms with Crippen molar-refractivity contribution in [1.82, 2.24) is 15.1 Å². The number of morpholine rings is 1. The highest BCUT2D eigenvalue weighted by Crippen LogP contribution is 2.28. The van der Waals surface area contributed by atoms with Gasteiger partial charge in [-0.05, 0) is 24.6 Å². The molecule has 0 saturated carbocycles. The minimum Gasteiger partial charge on any atom is -0.461 e. The number of nitrogens with zero attached hydrogens (tertiary/aromatic N) is 2. The standard InChI is InChI=1S/C15H17F2N3O3/c1-2-22-14(21)13-10-4-3-9(12-8-18-5-6-23-12)7-11(10)20(19-13)15(16)17/h3-4,7,12,15,18H,2,5-6,8H2,1H3. The summed E-state index contributed by atoms with van der Waals surface area (Å²) in [6, 6.07) is 4.97. The maximum absolute atomic E-state index is 13.2. The van der Waals surface area contributed by atoms with Crippen LogP contribution in [0.15, 0.2) is 18.2 Å². The first-order chi connectivity index (χ1) is 11.1. The molecule has 1 atom stereocenters. The SMILES string of the molecule is CCOC(=O)c1nn(C(F)F)c2cc(C3CNCCO3)ccc12. The molecule has 1 saturated heterocycles. The van der Waals surface area contributed by atoms with E-state index in [0.717, 1.165) is 12.1 Å². The first-order valence-electron chi connectivity index (χ1n) is 7.41. The molecule has 0 radical (unpaired) electrons. The van der Waals surface area contributed by atoms with Crippen LogP contribution in [0, 0.1) is 0 Å². The average molecular weight is 325 g/mol. The highest BCUT2D eigenvalue weighted by molar-refractivity contribution is 6.02. The predicted octanol–water partition coefficient (Wildman–Crippen LogP) is 2.27. The molecule has 1 fully saturated rings. The van der Waals surface area contributed by atoms with E-state index in [9.17, 15) is 13.6 Å². The van der Waals surface area contributed by atoms with E-state index in [1.54, 1.807) is 25.1 Å². The van der Waals surface area contributed by atoms with Crippen LogP contribution < -0.4 is 5.32 Å². The van der Waals surface area contributed by atoms with Crippen LogP contribution in [0.5, 0.6) is 0 Å². The van der Waals surface area contributed by atoms with Gasteiger partial charge in [0.15, 0.2) is 5.69 Å². The number of rotatable bonds is 4. The maximum atomic E-state index is 13.2. The van der Waals surface area contributed by atoms with Crippen molar-refractivity contribution in [3.63, 3.8) is 0 Å². The van der Waals surface area contributed by atoms with Crippen molar-refractivity contribution in [2.75, 3.05) is 26.3 Å². The molecule has 2 heterocycles. The van der Waals surface area contributed by atoms with Crippen molar-refractivity contribution >= 4 is 16.9 Å². The van der Waals surface area contributed by atoms with Gasteiger partial charge in [0.2, 0.25) is 0 Å². The monoisotopic (exact) mass is 325 g/mol. The second-order valence-electron chi connectivity index (χ2n) is 5.13. The van der Waals surface area contributed by atoms with Gasteiger partial charge in [-0.15, -0.1) is 0 Å². The maximum Gasteiger partial charge on any atom is 0.359 e. The summed E-state index contributed by atoms with van der Waals surface area (Å²) >= 11 is 0. The second-order valence-corrected chi connectivity index (χ2v) is 5.13. The van der Waals surface area contributed by atoms with Gasteiger partial charge in [-0.2, -0.15) is 13.9 Å². The lowest BCUT2D eigenvalue weighted by molar-refractivity contribution is 0.0276. The Morgan fingerprint density at radius 1 is 1.57 bits per heavy atom. The molecule has 0 bridgehead atoms. The largest absolute Gasteiger partial charge is 0.461 e. The van der Waals surface area contributed by atoms with Crippen LogP contribution in [-0.2, 0) is 9.47 Å². The molecular weight excluding hydrogens is 308 g/mol. The number of hydrogen-bond donors (Lipinski definition) is 1. The van der Waals surface area contributed by atoms with Crippen molar-refractivity contribution in [2.45, 2.75) is 19.6 Å². The molecule has 23 heavy (non-hydrogen) atoms. The summed E-state index contributed by atoms with van der Waals surface area (Å²) in [6.45, 7) is 0.892. The topological polar surface area (TPSA) is 65.4 Å². The highest BCUT2D eigenvalue weighted by Gasteiger charge is 2.24. The summed E-state index contributed by atoms with van der Waals surface area (Å²) in [5, 5.41) is 7.26. The normalized spacial score (nSPS) is 18.5. The van der Waals surface area contributed by atoms with Gasteiger partial charge in [-0.25, -0.2) is 9.48 Å². The molecule has 3 rings (SSSR count). The van der Waals surface area contributed by atoms with E-state index < -0.39 is 12.5 Å². The summed E-state index contributed by atoms with van der Waals surface area (Å²) in [7, 11) is 0. The van der Waals surface area contributed by atoms with E-state index in [0.29, 0.717) is 23.2 Å². The van der Waals surface area contributed by atoms with Crippen LogP contribution in [0.4, 0.5) is 8.78 Å². The van der Waals surface area contributed by atoms with Gasteiger partial charge in [-0.3, -0.25) is 0 Å². The zero-order valence-corrected chi connectivity index (χ0v) is 12.6. The van der Waals surface area contributed by atoms with E-state index in [4.69, 9.17) is 9.47 Å². The summed E-state index contributed by atoms with van der Waals surface area (Å²) in [5.74, 6) is -0.708. The van der Waals surface area contributed by atoms with Gasteiger partial charge in [0.25, 0.3) is 0 Å². The summed E-state index contributed by atoms with van der Waals surface area (Å²) in [5.41, 5.74) is 0.855. The molecule has 6 nitrogen and oxygen atoms in total. The van der Waals surface area contributed by atoms with Crippen molar-refractivity contribution in [1.29, 1.82) is 0 Å². The molecule has 0 aliphatic carbocycles. The first-order valence-corrected chi connectivity index (χ1v) is 7.41. The molecule has 2 aromatic rings. The van der Waals surface area contributed by atoms with Crippen molar-refractivity contribution in [3.8, 4) is 0 Å². The van der Waals surface area contributed by atoms with Crippen LogP contribution in [0.25, 0.3) is 10.9 Å². The molecule has 1 aromatic heterocycles. The zero-order valence-electron chi connectivity index (χ0n) is 12.6. The Balaban J connectivity index is 2.06. The quantitative estimate of drug-likeness (QED) is 0.874. The van der Waals surface area contributed by atoms with Crippen molar-refractivity contribution < 1.29 is 23.0 Å². The predicted molar refractivity (Wildman–Crippen MR) is 78.5 cm³/mol. The van der Waals surface area contributed by atoms with E-state index in [1.807, 2.05) is 0 Å². The third-order valence-electron chi connectivity index (χ3n) is 3.68. The van der Waals surface area contributed by atoms with Gasteiger partial charge in [0.1, 0.15) is 0 Å². The second kappa shape index (κ2) is 6.59. The molecule has 1 aliphatic heterocycles. The number of carbonyl (C=O) groups excluding carboxylic acids is 1. The van der Waals surface area contributed by atoms with E-state index >= 15 is 0 Å². The molecule has 124 valence electrons. The Hall–Kier alpha value is -2.06. The van der Waals surface area contributed by atoms with E-state index in [2.05, 4.69) is 10.4 Å². The van der Waals surface area contributed by atoms with Crippen molar-refractivity contribution in [2.24, 2.45) is 0 Å². The number of benzene rings is 1. The van der Waals surface area contributed by atoms with Gasteiger partial charge >= 0.3 is 12.5 Å². The van der Waals surface area contributed by atoms with E-state index in [1.165, 1.54) is 0 Å². The van der Waals surface area contributed by atoms with E-state index in [-0.39, 0.29) is 23.9 Å². The fourth-order valence-electron chi connectivity index (χ4n) is 2.63. The minimum absolute atomic E-state index is 0.101. The fourth-order valence-corrected chi connectivity index (χ4v) is 2.63. The molecule has 0 spiro atoms. The van der Waals surface area contributed by atoms with Gasteiger partial charge < -0.3 is 14.8 Å². The number of halogens is 2. The van der Waals surface area contributed by atoms with Crippen molar-refractivity contribution in [3.05, 3.63) is 29.5 Å². The average Bonchev–Trinajstić information content (AvgIpc) is 2.95. The first kappa shape index (κ1) is 15.8. The highest BCUT2D eigenvalue weighted by atomic mass is 19.3. The molecule has 8 heteroatoms. The Kier molecular flexibility index (Phi) is 4.53. The Labute approximate surface area is 131 Å². The number of hydrogen-bond acceptors (Lipinski definition) is 5. The minimum atomic E-state index is -2.85. The number of fused-ring (bicyclic) bond motifs is 1. The number of carbonyl (C=O) groups is 1. The number of alkyl halides is 2. The number of aromatic nitrogens is 2. The lowest BCUT2D eigenvalue weighted by Gasteiger charge is -2.24. The number of esters is 1. The smallest absolute Gasteiger partial charge is 0.359 e. The summed E-state index contributed by atoms with van der Waals surface area (Å²) in [4.78, 5) is 11.9. The Morgan fingerprint density at radius 2 is 2.39 bits per heavy atom. The van der Waals surface area contributed by atoms with Gasteiger partial charge in [0.05, 0.1) is 24.8 Å². The van der Waals surface area contributed by atoms with Gasteiger partial charge in [0, 0.05) is 18.5 Å². The molecule has 1 aliphatic rings. The van der Waals surface area contributed by atoms with Crippen LogP contribution in [0.2, 0.25) is 0 Å². The molecule has 1 N–H and O–H groups in total. The Morgan fingerprint density at radius 3 is 3.04 bits per heavy atom. The number of nitrogens with one attached hydrogen (secondary N) is 1. The zero-order chi connectivity index (χ0) is 16.4. The lowest BCUT2D eigenvalue weighted by Crippen LogP contribution is -2.33. The summed E-state index contributed by atoms with van der Waals surface area (Å²) < 4.78 is 37.5. The third kappa shape index (κ3) is 3.04. The van der Waals surface area contributed by atoms with Crippen LogP contribution in [0.1, 0.15) is 35.6 Å². The third-order valence-corrected chi connectivity index (χ3v) is 3.68.